The van der Waals surface area contributed by atoms with Gasteiger partial charge in [-0.2, -0.15) is 5.10 Å². The maximum Gasteiger partial charge on any atom is 0.169 e. The number of benzene rings is 1. The molecule has 6 aromatic rings. The number of hydrogen-bond acceptors (Lipinski definition) is 6. The third kappa shape index (κ3) is 3.36. The summed E-state index contributed by atoms with van der Waals surface area (Å²) in [6.45, 7) is 1.59. The van der Waals surface area contributed by atoms with E-state index in [0.717, 1.165) is 54.1 Å². The number of pyridine rings is 2. The smallest absolute Gasteiger partial charge is 0.169 e. The van der Waals surface area contributed by atoms with Crippen molar-refractivity contribution in [3.63, 3.8) is 0 Å². The van der Waals surface area contributed by atoms with Crippen LogP contribution in [0.4, 0.5) is 0 Å². The number of ether oxygens (including phenoxy) is 1. The van der Waals surface area contributed by atoms with E-state index in [1.54, 1.807) is 32.6 Å². The Labute approximate surface area is 198 Å². The number of rotatable bonds is 5. The molecule has 5 heterocycles. The van der Waals surface area contributed by atoms with Crippen LogP contribution >= 0.6 is 11.3 Å². The van der Waals surface area contributed by atoms with Crippen molar-refractivity contribution in [1.82, 2.24) is 25.1 Å². The van der Waals surface area contributed by atoms with Crippen molar-refractivity contribution < 1.29 is 9.53 Å². The molecule has 2 N–H and O–H groups in total. The molecular weight excluding hydrogens is 446 g/mol. The summed E-state index contributed by atoms with van der Waals surface area (Å²) in [5.74, 6) is 0.769. The van der Waals surface area contributed by atoms with Crippen molar-refractivity contribution >= 4 is 39.1 Å². The first-order valence-corrected chi connectivity index (χ1v) is 11.5. The monoisotopic (exact) mass is 465 g/mol. The molecule has 166 valence electrons. The summed E-state index contributed by atoms with van der Waals surface area (Å²) < 4.78 is 5.31. The number of aromatic nitrogens is 5. The fraction of sp³-hybridized carbons (Fsp3) is 0.0769. The van der Waals surface area contributed by atoms with E-state index >= 15 is 0 Å². The van der Waals surface area contributed by atoms with Crippen molar-refractivity contribution in [2.45, 2.75) is 6.92 Å². The largest absolute Gasteiger partial charge is 0.495 e. The number of Topliss-reactive ketones (excluding diaryl/α,β-unsaturated/α-hetero) is 1. The Morgan fingerprint density at radius 2 is 1.88 bits per heavy atom. The number of ketones is 1. The van der Waals surface area contributed by atoms with Crippen LogP contribution in [-0.4, -0.2) is 38.0 Å². The molecule has 0 radical (unpaired) electrons. The summed E-state index contributed by atoms with van der Waals surface area (Å²) in [5.41, 5.74) is 6.31. The van der Waals surface area contributed by atoms with Crippen LogP contribution in [0.25, 0.3) is 54.9 Å². The van der Waals surface area contributed by atoms with Gasteiger partial charge in [-0.1, -0.05) is 12.1 Å². The molecule has 6 rings (SSSR count). The summed E-state index contributed by atoms with van der Waals surface area (Å²) in [4.78, 5) is 25.9. The molecule has 0 amide bonds. The second-order valence-corrected chi connectivity index (χ2v) is 9.06. The average molecular weight is 466 g/mol. The van der Waals surface area contributed by atoms with E-state index in [4.69, 9.17) is 4.74 Å². The highest BCUT2D eigenvalue weighted by Crippen LogP contribution is 2.37. The zero-order valence-electron chi connectivity index (χ0n) is 18.4. The zero-order chi connectivity index (χ0) is 23.2. The topological polar surface area (TPSA) is 96.6 Å². The van der Waals surface area contributed by atoms with Crippen molar-refractivity contribution in [1.29, 1.82) is 0 Å². The van der Waals surface area contributed by atoms with Gasteiger partial charge in [-0.05, 0) is 43.3 Å². The number of carbonyl (C=O) groups excluding carboxylic acids is 1. The molecule has 0 aliphatic heterocycles. The second-order valence-electron chi connectivity index (χ2n) is 7.98. The van der Waals surface area contributed by atoms with Gasteiger partial charge in [0.25, 0.3) is 0 Å². The number of thiophene rings is 1. The van der Waals surface area contributed by atoms with Crippen LogP contribution in [0, 0.1) is 0 Å². The minimum absolute atomic E-state index is 0.0794. The molecule has 1 aromatic carbocycles. The molecule has 0 fully saturated rings. The number of carbonyl (C=O) groups is 1. The predicted octanol–water partition coefficient (Wildman–Crippen LogP) is 6.11. The van der Waals surface area contributed by atoms with Gasteiger partial charge in [-0.3, -0.25) is 14.9 Å². The SMILES string of the molecule is COc1cncc(-c2cnc3[nH]nc(-c4cc5c(-c6ccc(C(C)=O)s6)cccc5[nH]4)c3c2)c1. The molecule has 0 spiro atoms. The lowest BCUT2D eigenvalue weighted by Crippen LogP contribution is -1.87. The first-order valence-electron chi connectivity index (χ1n) is 10.7. The number of fused-ring (bicyclic) bond motifs is 2. The first kappa shape index (κ1) is 20.3. The van der Waals surface area contributed by atoms with E-state index in [0.29, 0.717) is 11.4 Å². The predicted molar refractivity (Wildman–Crippen MR) is 134 cm³/mol. The molecule has 0 bridgehead atoms. The lowest BCUT2D eigenvalue weighted by molar-refractivity contribution is 0.102. The van der Waals surface area contributed by atoms with E-state index in [2.05, 4.69) is 43.3 Å². The van der Waals surface area contributed by atoms with Crippen LogP contribution in [0.3, 0.4) is 0 Å². The van der Waals surface area contributed by atoms with Gasteiger partial charge in [0.05, 0.1) is 23.9 Å². The van der Waals surface area contributed by atoms with Gasteiger partial charge in [0.15, 0.2) is 11.4 Å². The molecule has 0 saturated carbocycles. The van der Waals surface area contributed by atoms with Gasteiger partial charge in [-0.25, -0.2) is 4.98 Å². The quantitative estimate of drug-likeness (QED) is 0.300. The van der Waals surface area contributed by atoms with Crippen LogP contribution in [0.5, 0.6) is 5.75 Å². The highest BCUT2D eigenvalue weighted by Gasteiger charge is 2.16. The lowest BCUT2D eigenvalue weighted by atomic mass is 10.1. The lowest BCUT2D eigenvalue weighted by Gasteiger charge is -2.04. The summed E-state index contributed by atoms with van der Waals surface area (Å²) in [7, 11) is 1.62. The third-order valence-electron chi connectivity index (χ3n) is 5.84. The summed E-state index contributed by atoms with van der Waals surface area (Å²) >= 11 is 1.51. The molecule has 0 aliphatic carbocycles. The number of methoxy groups -OCH3 is 1. The van der Waals surface area contributed by atoms with E-state index in [-0.39, 0.29) is 5.78 Å². The Morgan fingerprint density at radius 3 is 2.71 bits per heavy atom. The van der Waals surface area contributed by atoms with Crippen molar-refractivity contribution in [2.24, 2.45) is 0 Å². The average Bonchev–Trinajstić information content (AvgIpc) is 3.61. The zero-order valence-corrected chi connectivity index (χ0v) is 19.2. The third-order valence-corrected chi connectivity index (χ3v) is 7.06. The standard InChI is InChI=1S/C26H19N5O2S/c1-14(32)23-6-7-24(34-23)18-4-3-5-21-19(18)10-22(29-21)25-20-9-16(12-28-26(20)31-30-25)15-8-17(33-2)13-27-11-15/h3-13,29H,1-2H3,(H,28,30,31). The number of nitrogens with zero attached hydrogens (tertiary/aromatic N) is 3. The Bertz CT molecular complexity index is 1690. The van der Waals surface area contributed by atoms with Gasteiger partial charge in [0.1, 0.15) is 11.4 Å². The highest BCUT2D eigenvalue weighted by atomic mass is 32.1. The molecular formula is C26H19N5O2S. The maximum absolute atomic E-state index is 11.8. The molecule has 5 aromatic heterocycles. The minimum atomic E-state index is 0.0794. The molecule has 8 heteroatoms. The normalized spacial score (nSPS) is 11.4. The number of H-pyrrole nitrogens is 2. The van der Waals surface area contributed by atoms with Crippen molar-refractivity contribution in [3.05, 3.63) is 72.0 Å². The van der Waals surface area contributed by atoms with Crippen LogP contribution < -0.4 is 4.74 Å². The van der Waals surface area contributed by atoms with Gasteiger partial charge >= 0.3 is 0 Å². The maximum atomic E-state index is 11.8. The van der Waals surface area contributed by atoms with Crippen molar-refractivity contribution in [3.8, 4) is 38.7 Å². The molecule has 34 heavy (non-hydrogen) atoms. The van der Waals surface area contributed by atoms with E-state index in [1.165, 1.54) is 11.3 Å². The molecule has 0 saturated heterocycles. The first-order chi connectivity index (χ1) is 16.6. The summed E-state index contributed by atoms with van der Waals surface area (Å²) in [6, 6.07) is 16.1. The number of nitrogens with one attached hydrogen (secondary N) is 2. The summed E-state index contributed by atoms with van der Waals surface area (Å²) in [5, 5.41) is 9.58. The number of hydrogen-bond donors (Lipinski definition) is 2. The van der Waals surface area contributed by atoms with Crippen LogP contribution in [-0.2, 0) is 0 Å². The molecule has 7 nitrogen and oxygen atoms in total. The van der Waals surface area contributed by atoms with Crippen molar-refractivity contribution in [2.75, 3.05) is 7.11 Å². The molecule has 0 atom stereocenters. The fourth-order valence-electron chi connectivity index (χ4n) is 4.12. The Kier molecular flexibility index (Phi) is 4.74. The molecule has 0 aliphatic rings. The number of aromatic amines is 2. The van der Waals surface area contributed by atoms with E-state index in [9.17, 15) is 4.79 Å². The van der Waals surface area contributed by atoms with Gasteiger partial charge in [0.2, 0.25) is 0 Å². The van der Waals surface area contributed by atoms with E-state index in [1.807, 2.05) is 30.3 Å². The van der Waals surface area contributed by atoms with Crippen LogP contribution in [0.15, 0.2) is 67.1 Å². The van der Waals surface area contributed by atoms with Gasteiger partial charge < -0.3 is 9.72 Å². The Morgan fingerprint density at radius 1 is 1.00 bits per heavy atom. The van der Waals surface area contributed by atoms with Crippen LogP contribution in [0.2, 0.25) is 0 Å². The summed E-state index contributed by atoms with van der Waals surface area (Å²) in [6.07, 6.45) is 5.26. The minimum Gasteiger partial charge on any atom is -0.495 e. The highest BCUT2D eigenvalue weighted by molar-refractivity contribution is 7.17. The fourth-order valence-corrected chi connectivity index (χ4v) is 5.07. The van der Waals surface area contributed by atoms with Crippen LogP contribution in [0.1, 0.15) is 16.6 Å². The second kappa shape index (κ2) is 7.93. The van der Waals surface area contributed by atoms with Gasteiger partial charge in [0, 0.05) is 50.3 Å². The Hall–Kier alpha value is -4.30. The molecule has 0 unspecified atom stereocenters. The van der Waals surface area contributed by atoms with E-state index < -0.39 is 0 Å². The van der Waals surface area contributed by atoms with Gasteiger partial charge in [-0.15, -0.1) is 11.3 Å². The Balaban J connectivity index is 1.47.